The van der Waals surface area contributed by atoms with Crippen LogP contribution in [0.5, 0.6) is 5.75 Å². The summed E-state index contributed by atoms with van der Waals surface area (Å²) < 4.78 is 22.1. The second kappa shape index (κ2) is 3.91. The van der Waals surface area contributed by atoms with Gasteiger partial charge < -0.3 is 15.9 Å². The highest BCUT2D eigenvalue weighted by molar-refractivity contribution is 5.73. The molecule has 1 atom stereocenters. The van der Waals surface area contributed by atoms with Crippen LogP contribution in [0, 0.1) is 0 Å². The number of aromatic hydroxyl groups is 1. The molecule has 0 aliphatic heterocycles. The Morgan fingerprint density at radius 3 is 3.15 bits per heavy atom. The molecular weight excluding hydrogens is 170 g/mol. The molecule has 0 heterocycles. The molecule has 4 N–H and O–H groups in total. The van der Waals surface area contributed by atoms with Crippen molar-refractivity contribution in [2.24, 2.45) is 5.73 Å². The molecule has 0 amide bonds. The molecule has 4 nitrogen and oxygen atoms in total. The van der Waals surface area contributed by atoms with Gasteiger partial charge in [0.1, 0.15) is 11.8 Å². The molecule has 0 aromatic heterocycles. The lowest BCUT2D eigenvalue weighted by atomic mass is 10.1. The van der Waals surface area contributed by atoms with Crippen molar-refractivity contribution in [3.05, 3.63) is 29.8 Å². The third-order valence-corrected chi connectivity index (χ3v) is 1.43. The van der Waals surface area contributed by atoms with Crippen LogP contribution in [0.4, 0.5) is 0 Å². The Morgan fingerprint density at radius 1 is 1.85 bits per heavy atom. The molecule has 0 saturated carbocycles. The van der Waals surface area contributed by atoms with E-state index in [0.29, 0.717) is 0 Å². The van der Waals surface area contributed by atoms with E-state index in [0.717, 1.165) is 12.1 Å². The zero-order valence-electron chi connectivity index (χ0n) is 9.74. The summed E-state index contributed by atoms with van der Waals surface area (Å²) in [5.74, 6) is -1.78. The zero-order chi connectivity index (χ0) is 12.5. The van der Waals surface area contributed by atoms with Gasteiger partial charge in [0.2, 0.25) is 0 Å². The zero-order valence-corrected chi connectivity index (χ0v) is 6.74. The van der Waals surface area contributed by atoms with Crippen molar-refractivity contribution in [2.45, 2.75) is 12.4 Å². The van der Waals surface area contributed by atoms with E-state index in [9.17, 15) is 9.90 Å². The largest absolute Gasteiger partial charge is 0.508 e. The van der Waals surface area contributed by atoms with Crippen molar-refractivity contribution in [1.82, 2.24) is 0 Å². The number of phenolic OH excluding ortho intramolecular Hbond substituents is 1. The number of benzene rings is 1. The predicted octanol–water partition coefficient (Wildman–Crippen LogP) is 0.347. The number of hydrogen-bond acceptors (Lipinski definition) is 3. The van der Waals surface area contributed by atoms with Gasteiger partial charge in [-0.15, -0.1) is 0 Å². The molecule has 0 aliphatic rings. The fourth-order valence-corrected chi connectivity index (χ4v) is 0.835. The van der Waals surface area contributed by atoms with Crippen LogP contribution in [-0.2, 0) is 11.2 Å². The van der Waals surface area contributed by atoms with E-state index in [-0.39, 0.29) is 23.4 Å². The Morgan fingerprint density at radius 2 is 2.54 bits per heavy atom. The van der Waals surface area contributed by atoms with Crippen LogP contribution < -0.4 is 5.73 Å². The summed E-state index contributed by atoms with van der Waals surface area (Å²) in [6.07, 6.45) is -0.443. The van der Waals surface area contributed by atoms with Crippen molar-refractivity contribution < 1.29 is 19.1 Å². The van der Waals surface area contributed by atoms with Crippen molar-refractivity contribution >= 4 is 5.97 Å². The van der Waals surface area contributed by atoms with Crippen molar-refractivity contribution in [1.29, 1.82) is 0 Å². The molecular formula is C9H11NO3. The van der Waals surface area contributed by atoms with E-state index in [1.54, 1.807) is 0 Å². The van der Waals surface area contributed by atoms with Gasteiger partial charge in [-0.3, -0.25) is 4.79 Å². The SMILES string of the molecule is [2H]c1cc(O)cc(C[C@@]([2H])(N)C(=O)O)c1[2H]. The summed E-state index contributed by atoms with van der Waals surface area (Å²) in [6.45, 7) is 0. The van der Waals surface area contributed by atoms with Gasteiger partial charge in [-0.2, -0.15) is 0 Å². The molecule has 70 valence electrons. The Kier molecular flexibility index (Phi) is 1.80. The number of phenols is 1. The summed E-state index contributed by atoms with van der Waals surface area (Å²) in [7, 11) is 0. The predicted molar refractivity (Wildman–Crippen MR) is 47.4 cm³/mol. The summed E-state index contributed by atoms with van der Waals surface area (Å²) in [6, 6.07) is -0.540. The van der Waals surface area contributed by atoms with Crippen LogP contribution >= 0.6 is 0 Å². The number of carbonyl (C=O) groups is 1. The van der Waals surface area contributed by atoms with Crippen LogP contribution in [0.15, 0.2) is 24.2 Å². The minimum atomic E-state index is -2.27. The van der Waals surface area contributed by atoms with Crippen LogP contribution in [0.3, 0.4) is 0 Å². The molecule has 0 spiro atoms. The molecule has 1 aromatic rings. The summed E-state index contributed by atoms with van der Waals surface area (Å²) in [5.41, 5.74) is 5.26. The van der Waals surface area contributed by atoms with Gasteiger partial charge in [0, 0.05) is 0 Å². The van der Waals surface area contributed by atoms with E-state index in [1.807, 2.05) is 0 Å². The Bertz CT molecular complexity index is 434. The van der Waals surface area contributed by atoms with Gasteiger partial charge in [0.15, 0.2) is 0 Å². The van der Waals surface area contributed by atoms with Gasteiger partial charge in [-0.25, -0.2) is 0 Å². The molecule has 0 bridgehead atoms. The monoisotopic (exact) mass is 184 g/mol. The molecule has 4 heteroatoms. The summed E-state index contributed by atoms with van der Waals surface area (Å²) >= 11 is 0. The van der Waals surface area contributed by atoms with Gasteiger partial charge in [-0.05, 0) is 24.1 Å². The third kappa shape index (κ3) is 2.76. The molecule has 1 aromatic carbocycles. The first kappa shape index (κ1) is 5.99. The van der Waals surface area contributed by atoms with Gasteiger partial charge in [0.25, 0.3) is 0 Å². The number of carboxylic acid groups (broad SMARTS) is 1. The number of rotatable bonds is 3. The molecule has 0 aliphatic carbocycles. The standard InChI is InChI=1S/C9H11NO3/c10-8(9(12)13)5-6-2-1-3-7(11)4-6/h1-4,8,11H,5,10H2,(H,12,13)/t8-/m1/s1/i1D,2D,8D. The average Bonchev–Trinajstić information content (AvgIpc) is 2.12. The fraction of sp³-hybridized carbons (Fsp3) is 0.222. The number of carboxylic acids is 1. The van der Waals surface area contributed by atoms with E-state index < -0.39 is 18.4 Å². The van der Waals surface area contributed by atoms with Crippen LogP contribution in [0.2, 0.25) is 0 Å². The van der Waals surface area contributed by atoms with E-state index in [4.69, 9.17) is 15.0 Å². The maximum atomic E-state index is 10.6. The van der Waals surface area contributed by atoms with E-state index in [2.05, 4.69) is 0 Å². The normalized spacial score (nSPS) is 18.1. The first-order valence-electron chi connectivity index (χ1n) is 5.05. The highest BCUT2D eigenvalue weighted by Crippen LogP contribution is 2.11. The second-order valence-electron chi connectivity index (χ2n) is 2.52. The first-order chi connectivity index (χ1) is 7.24. The number of hydrogen-bond donors (Lipinski definition) is 3. The van der Waals surface area contributed by atoms with E-state index >= 15 is 0 Å². The first-order valence-corrected chi connectivity index (χ1v) is 3.55. The summed E-state index contributed by atoms with van der Waals surface area (Å²) in [4.78, 5) is 10.6. The van der Waals surface area contributed by atoms with Crippen molar-refractivity contribution in [3.8, 4) is 5.75 Å². The van der Waals surface area contributed by atoms with Crippen molar-refractivity contribution in [3.63, 3.8) is 0 Å². The molecule has 0 saturated heterocycles. The minimum Gasteiger partial charge on any atom is -0.508 e. The van der Waals surface area contributed by atoms with Crippen LogP contribution in [0.1, 0.15) is 9.68 Å². The molecule has 0 unspecified atom stereocenters. The Balaban J connectivity index is 3.11. The maximum absolute atomic E-state index is 10.6. The maximum Gasteiger partial charge on any atom is 0.320 e. The second-order valence-corrected chi connectivity index (χ2v) is 2.52. The number of aliphatic carboxylic acids is 1. The highest BCUT2D eigenvalue weighted by Gasteiger charge is 2.11. The van der Waals surface area contributed by atoms with Gasteiger partial charge in [0.05, 0.1) is 4.11 Å². The number of nitrogens with two attached hydrogens (primary N) is 1. The fourth-order valence-electron chi connectivity index (χ4n) is 0.835. The van der Waals surface area contributed by atoms with Crippen LogP contribution in [-0.4, -0.2) is 22.2 Å². The third-order valence-electron chi connectivity index (χ3n) is 1.43. The summed E-state index contributed by atoms with van der Waals surface area (Å²) in [5, 5.41) is 17.8. The molecule has 1 rings (SSSR count). The lowest BCUT2D eigenvalue weighted by molar-refractivity contribution is -0.138. The average molecular weight is 184 g/mol. The Hall–Kier alpha value is -1.55. The molecule has 13 heavy (non-hydrogen) atoms. The quantitative estimate of drug-likeness (QED) is 0.632. The lowest BCUT2D eigenvalue weighted by Gasteiger charge is -2.05. The Labute approximate surface area is 79.8 Å². The van der Waals surface area contributed by atoms with Crippen molar-refractivity contribution in [2.75, 3.05) is 0 Å². The molecule has 0 radical (unpaired) electrons. The minimum absolute atomic E-state index is 0.0601. The topological polar surface area (TPSA) is 83.5 Å². The van der Waals surface area contributed by atoms with Gasteiger partial charge in [-0.1, -0.05) is 12.1 Å². The lowest BCUT2D eigenvalue weighted by Crippen LogP contribution is -2.32. The molecule has 0 fully saturated rings. The highest BCUT2D eigenvalue weighted by atomic mass is 16.4. The van der Waals surface area contributed by atoms with Gasteiger partial charge >= 0.3 is 5.97 Å². The van der Waals surface area contributed by atoms with E-state index in [1.165, 1.54) is 0 Å². The van der Waals surface area contributed by atoms with Crippen LogP contribution in [0.25, 0.3) is 0 Å². The smallest absolute Gasteiger partial charge is 0.320 e.